The monoisotopic (exact) mass is 245 g/mol. The van der Waals surface area contributed by atoms with Crippen molar-refractivity contribution in [3.8, 4) is 0 Å². The van der Waals surface area contributed by atoms with Gasteiger partial charge in [-0.1, -0.05) is 12.1 Å². The third-order valence-electron chi connectivity index (χ3n) is 4.20. The molecule has 0 radical (unpaired) electrons. The molecule has 1 fully saturated rings. The van der Waals surface area contributed by atoms with E-state index in [0.29, 0.717) is 6.04 Å². The van der Waals surface area contributed by atoms with Gasteiger partial charge < -0.3 is 10.1 Å². The molecule has 2 aliphatic rings. The van der Waals surface area contributed by atoms with Crippen LogP contribution < -0.4 is 5.32 Å². The number of ether oxygens (including phenoxy) is 1. The zero-order valence-electron chi connectivity index (χ0n) is 11.2. The highest BCUT2D eigenvalue weighted by molar-refractivity contribution is 5.55. The molecule has 0 amide bonds. The van der Waals surface area contributed by atoms with Crippen LogP contribution in [-0.4, -0.2) is 19.3 Å². The minimum atomic E-state index is 0.620. The molecule has 0 spiro atoms. The number of benzene rings is 1. The molecule has 1 aromatic rings. The van der Waals surface area contributed by atoms with E-state index in [-0.39, 0.29) is 0 Å². The van der Waals surface area contributed by atoms with Crippen molar-refractivity contribution in [1.29, 1.82) is 0 Å². The number of hydrogen-bond donors (Lipinski definition) is 1. The molecule has 18 heavy (non-hydrogen) atoms. The summed E-state index contributed by atoms with van der Waals surface area (Å²) in [5.41, 5.74) is 4.33. The van der Waals surface area contributed by atoms with E-state index in [1.54, 1.807) is 0 Å². The molecule has 2 aliphatic heterocycles. The Hall–Kier alpha value is -1.02. The van der Waals surface area contributed by atoms with Gasteiger partial charge in [-0.15, -0.1) is 0 Å². The van der Waals surface area contributed by atoms with E-state index in [4.69, 9.17) is 4.74 Å². The first-order valence-corrected chi connectivity index (χ1v) is 7.27. The molecule has 1 saturated heterocycles. The maximum atomic E-state index is 5.57. The zero-order chi connectivity index (χ0) is 12.4. The lowest BCUT2D eigenvalue weighted by atomic mass is 9.91. The Morgan fingerprint density at radius 3 is 3.11 bits per heavy atom. The van der Waals surface area contributed by atoms with Crippen molar-refractivity contribution in [3.05, 3.63) is 29.3 Å². The van der Waals surface area contributed by atoms with Gasteiger partial charge in [0.05, 0.1) is 0 Å². The second-order valence-electron chi connectivity index (χ2n) is 5.86. The first kappa shape index (κ1) is 12.0. The molecule has 2 heteroatoms. The van der Waals surface area contributed by atoms with Gasteiger partial charge in [0.2, 0.25) is 0 Å². The lowest BCUT2D eigenvalue weighted by molar-refractivity contribution is 0.0550. The molecule has 2 atom stereocenters. The molecular weight excluding hydrogens is 222 g/mol. The van der Waals surface area contributed by atoms with Gasteiger partial charge in [0.1, 0.15) is 0 Å². The average molecular weight is 245 g/mol. The number of hydrogen-bond acceptors (Lipinski definition) is 2. The van der Waals surface area contributed by atoms with Crippen LogP contribution in [0.25, 0.3) is 0 Å². The van der Waals surface area contributed by atoms with Crippen molar-refractivity contribution < 1.29 is 4.74 Å². The van der Waals surface area contributed by atoms with Crippen molar-refractivity contribution in [1.82, 2.24) is 0 Å². The molecule has 0 bridgehead atoms. The van der Waals surface area contributed by atoms with Gasteiger partial charge in [0, 0.05) is 24.9 Å². The van der Waals surface area contributed by atoms with Crippen LogP contribution in [-0.2, 0) is 17.6 Å². The Morgan fingerprint density at radius 2 is 2.28 bits per heavy atom. The molecular formula is C16H23NO. The van der Waals surface area contributed by atoms with Crippen molar-refractivity contribution >= 4 is 5.69 Å². The summed E-state index contributed by atoms with van der Waals surface area (Å²) in [6, 6.07) is 7.58. The van der Waals surface area contributed by atoms with Crippen molar-refractivity contribution in [3.63, 3.8) is 0 Å². The molecule has 2 unspecified atom stereocenters. The average Bonchev–Trinajstić information content (AvgIpc) is 2.40. The maximum Gasteiger partial charge on any atom is 0.0497 e. The molecule has 0 saturated carbocycles. The minimum absolute atomic E-state index is 0.620. The van der Waals surface area contributed by atoms with Gasteiger partial charge in [-0.25, -0.2) is 0 Å². The van der Waals surface area contributed by atoms with Gasteiger partial charge in [0.15, 0.2) is 0 Å². The second kappa shape index (κ2) is 5.31. The highest BCUT2D eigenvalue weighted by atomic mass is 16.5. The molecule has 1 aromatic carbocycles. The lowest BCUT2D eigenvalue weighted by Crippen LogP contribution is -2.22. The minimum Gasteiger partial charge on any atom is -0.382 e. The first-order valence-electron chi connectivity index (χ1n) is 7.27. The summed E-state index contributed by atoms with van der Waals surface area (Å²) < 4.78 is 5.57. The Labute approximate surface area is 110 Å². The van der Waals surface area contributed by atoms with Crippen LogP contribution in [0.15, 0.2) is 18.2 Å². The van der Waals surface area contributed by atoms with Gasteiger partial charge in [0.25, 0.3) is 0 Å². The van der Waals surface area contributed by atoms with Crippen LogP contribution in [0.1, 0.15) is 37.3 Å². The number of aryl methyl sites for hydroxylation is 1. The van der Waals surface area contributed by atoms with Gasteiger partial charge in [-0.2, -0.15) is 0 Å². The van der Waals surface area contributed by atoms with Crippen LogP contribution in [0.4, 0.5) is 5.69 Å². The fraction of sp³-hybridized carbons (Fsp3) is 0.625. The van der Waals surface area contributed by atoms with E-state index in [1.165, 1.54) is 48.9 Å². The fourth-order valence-corrected chi connectivity index (χ4v) is 3.13. The predicted molar refractivity (Wildman–Crippen MR) is 75.1 cm³/mol. The Balaban J connectivity index is 1.69. The third kappa shape index (κ3) is 2.69. The van der Waals surface area contributed by atoms with Crippen molar-refractivity contribution in [2.45, 2.75) is 45.1 Å². The van der Waals surface area contributed by atoms with E-state index in [1.807, 2.05) is 0 Å². The van der Waals surface area contributed by atoms with E-state index < -0.39 is 0 Å². The molecule has 98 valence electrons. The summed E-state index contributed by atoms with van der Waals surface area (Å²) in [4.78, 5) is 0. The van der Waals surface area contributed by atoms with Crippen LogP contribution in [0, 0.1) is 5.92 Å². The van der Waals surface area contributed by atoms with E-state index in [0.717, 1.165) is 19.1 Å². The molecule has 3 rings (SSSR count). The summed E-state index contributed by atoms with van der Waals surface area (Å²) in [5.74, 6) is 0.729. The molecule has 0 aromatic heterocycles. The smallest absolute Gasteiger partial charge is 0.0497 e. The van der Waals surface area contributed by atoms with Gasteiger partial charge in [-0.3, -0.25) is 0 Å². The quantitative estimate of drug-likeness (QED) is 0.862. The topological polar surface area (TPSA) is 21.3 Å². The first-order chi connectivity index (χ1) is 8.81. The van der Waals surface area contributed by atoms with Crippen molar-refractivity contribution in [2.24, 2.45) is 5.92 Å². The highest BCUT2D eigenvalue weighted by Crippen LogP contribution is 2.27. The molecule has 1 N–H and O–H groups in total. The summed E-state index contributed by atoms with van der Waals surface area (Å²) in [6.07, 6.45) is 6.21. The Kier molecular flexibility index (Phi) is 3.55. The Morgan fingerprint density at radius 1 is 1.33 bits per heavy atom. The summed E-state index contributed by atoms with van der Waals surface area (Å²) >= 11 is 0. The Bertz CT molecular complexity index is 410. The van der Waals surface area contributed by atoms with Gasteiger partial charge in [-0.05, 0) is 62.1 Å². The fourth-order valence-electron chi connectivity index (χ4n) is 3.13. The second-order valence-corrected chi connectivity index (χ2v) is 5.86. The number of fused-ring (bicyclic) bond motifs is 1. The standard InChI is InChI=1S/C16H23NO/c1-12-4-6-15-10-13(5-7-16(15)17-12)9-14-3-2-8-18-11-14/h5,7,10,12,14,17H,2-4,6,8-9,11H2,1H3. The third-order valence-corrected chi connectivity index (χ3v) is 4.20. The van der Waals surface area contributed by atoms with Gasteiger partial charge >= 0.3 is 0 Å². The maximum absolute atomic E-state index is 5.57. The number of nitrogens with one attached hydrogen (secondary N) is 1. The summed E-state index contributed by atoms with van der Waals surface area (Å²) in [7, 11) is 0. The largest absolute Gasteiger partial charge is 0.382 e. The van der Waals surface area contributed by atoms with Crippen molar-refractivity contribution in [2.75, 3.05) is 18.5 Å². The zero-order valence-corrected chi connectivity index (χ0v) is 11.2. The van der Waals surface area contributed by atoms with E-state index >= 15 is 0 Å². The van der Waals surface area contributed by atoms with Crippen LogP contribution >= 0.6 is 0 Å². The van der Waals surface area contributed by atoms with Crippen LogP contribution in [0.3, 0.4) is 0 Å². The van der Waals surface area contributed by atoms with Crippen LogP contribution in [0.5, 0.6) is 0 Å². The molecule has 0 aliphatic carbocycles. The predicted octanol–water partition coefficient (Wildman–Crippen LogP) is 3.40. The van der Waals surface area contributed by atoms with E-state index in [9.17, 15) is 0 Å². The molecule has 2 heterocycles. The SMILES string of the molecule is CC1CCc2cc(CC3CCCOC3)ccc2N1. The molecule has 2 nitrogen and oxygen atoms in total. The highest BCUT2D eigenvalue weighted by Gasteiger charge is 2.17. The normalized spacial score (nSPS) is 27.4. The lowest BCUT2D eigenvalue weighted by Gasteiger charge is -2.26. The summed E-state index contributed by atoms with van der Waals surface area (Å²) in [6.45, 7) is 4.17. The number of rotatable bonds is 2. The van der Waals surface area contributed by atoms with E-state index in [2.05, 4.69) is 30.4 Å². The number of anilines is 1. The summed E-state index contributed by atoms with van der Waals surface area (Å²) in [5, 5.41) is 3.57. The van der Waals surface area contributed by atoms with Crippen LogP contribution in [0.2, 0.25) is 0 Å².